The lowest BCUT2D eigenvalue weighted by molar-refractivity contribution is 0.376. The number of nitrogens with zero attached hydrogens (tertiary/aromatic N) is 2. The van der Waals surface area contributed by atoms with Gasteiger partial charge in [0.2, 0.25) is 0 Å². The van der Waals surface area contributed by atoms with E-state index in [1.165, 1.54) is 17.5 Å². The molecule has 1 heterocycles. The number of likely N-dealkylation sites (tertiary alicyclic amines) is 1. The average molecular weight is 200 g/mol. The molecular weight excluding hydrogens is 184 g/mol. The minimum atomic E-state index is 0.572. The first kappa shape index (κ1) is 10.2. The van der Waals surface area contributed by atoms with Crippen molar-refractivity contribution in [1.29, 1.82) is 5.26 Å². The summed E-state index contributed by atoms with van der Waals surface area (Å²) in [5.41, 5.74) is 2.83. The van der Waals surface area contributed by atoms with Gasteiger partial charge in [0.25, 0.3) is 0 Å². The van der Waals surface area contributed by atoms with E-state index in [1.807, 2.05) is 0 Å². The van der Waals surface area contributed by atoms with Crippen LogP contribution in [-0.2, 0) is 0 Å². The third kappa shape index (κ3) is 2.19. The Morgan fingerprint density at radius 1 is 1.47 bits per heavy atom. The number of benzene rings is 1. The van der Waals surface area contributed by atoms with Crippen molar-refractivity contribution < 1.29 is 0 Å². The molecule has 0 spiro atoms. The van der Waals surface area contributed by atoms with Gasteiger partial charge in [-0.15, -0.1) is 0 Å². The summed E-state index contributed by atoms with van der Waals surface area (Å²) in [6.07, 6.45) is 1.19. The van der Waals surface area contributed by atoms with Gasteiger partial charge in [-0.1, -0.05) is 24.3 Å². The van der Waals surface area contributed by atoms with Crippen LogP contribution in [0, 0.1) is 18.3 Å². The van der Waals surface area contributed by atoms with E-state index in [-0.39, 0.29) is 0 Å². The Hall–Kier alpha value is -1.33. The van der Waals surface area contributed by atoms with E-state index in [0.29, 0.717) is 12.5 Å². The van der Waals surface area contributed by atoms with Gasteiger partial charge in [-0.3, -0.25) is 4.90 Å². The minimum absolute atomic E-state index is 0.572. The normalized spacial score (nSPS) is 21.5. The summed E-state index contributed by atoms with van der Waals surface area (Å²) >= 11 is 0. The van der Waals surface area contributed by atoms with Gasteiger partial charge in [0.05, 0.1) is 12.6 Å². The van der Waals surface area contributed by atoms with Crippen LogP contribution < -0.4 is 0 Å². The summed E-state index contributed by atoms with van der Waals surface area (Å²) in [5, 5.41) is 8.65. The fourth-order valence-electron chi connectivity index (χ4n) is 2.37. The summed E-state index contributed by atoms with van der Waals surface area (Å²) in [7, 11) is 0. The van der Waals surface area contributed by atoms with Gasteiger partial charge in [-0.05, 0) is 36.9 Å². The first-order valence-electron chi connectivity index (χ1n) is 5.46. The van der Waals surface area contributed by atoms with Crippen molar-refractivity contribution >= 4 is 0 Å². The van der Waals surface area contributed by atoms with Crippen molar-refractivity contribution in [2.24, 2.45) is 0 Å². The molecule has 2 heteroatoms. The van der Waals surface area contributed by atoms with Crippen molar-refractivity contribution in [3.63, 3.8) is 0 Å². The predicted molar refractivity (Wildman–Crippen MR) is 60.6 cm³/mol. The molecule has 0 saturated carbocycles. The van der Waals surface area contributed by atoms with E-state index < -0.39 is 0 Å². The summed E-state index contributed by atoms with van der Waals surface area (Å²) in [6, 6.07) is 10.8. The molecule has 1 saturated heterocycles. The van der Waals surface area contributed by atoms with Gasteiger partial charge in [0, 0.05) is 6.54 Å². The molecule has 15 heavy (non-hydrogen) atoms. The summed E-state index contributed by atoms with van der Waals surface area (Å²) < 4.78 is 0. The summed E-state index contributed by atoms with van der Waals surface area (Å²) in [4.78, 5) is 2.23. The van der Waals surface area contributed by atoms with Crippen LogP contribution in [0.5, 0.6) is 0 Å². The summed E-state index contributed by atoms with van der Waals surface area (Å²) in [6.45, 7) is 4.84. The number of hydrogen-bond donors (Lipinski definition) is 0. The Morgan fingerprint density at radius 2 is 2.27 bits per heavy atom. The lowest BCUT2D eigenvalue weighted by atomic mass is 9.94. The molecule has 0 amide bonds. The molecule has 1 aromatic carbocycles. The van der Waals surface area contributed by atoms with Crippen LogP contribution in [0.15, 0.2) is 24.3 Å². The fourth-order valence-corrected chi connectivity index (χ4v) is 2.37. The van der Waals surface area contributed by atoms with Crippen molar-refractivity contribution in [2.75, 3.05) is 19.6 Å². The quantitative estimate of drug-likeness (QED) is 0.685. The Morgan fingerprint density at radius 3 is 3.00 bits per heavy atom. The first-order chi connectivity index (χ1) is 7.31. The third-order valence-electron chi connectivity index (χ3n) is 3.19. The third-order valence-corrected chi connectivity index (χ3v) is 3.19. The van der Waals surface area contributed by atoms with Crippen LogP contribution >= 0.6 is 0 Å². The number of rotatable bonds is 2. The van der Waals surface area contributed by atoms with E-state index in [2.05, 4.69) is 42.2 Å². The van der Waals surface area contributed by atoms with Gasteiger partial charge < -0.3 is 0 Å². The topological polar surface area (TPSA) is 27.0 Å². The monoisotopic (exact) mass is 200 g/mol. The standard InChI is InChI=1S/C13H16N2/c1-11-4-2-3-5-13(11)12-6-8-15(10-12)9-7-14/h2-5,12H,6,8-10H2,1H3. The van der Waals surface area contributed by atoms with Gasteiger partial charge in [-0.2, -0.15) is 5.26 Å². The van der Waals surface area contributed by atoms with Crippen LogP contribution in [0.1, 0.15) is 23.5 Å². The van der Waals surface area contributed by atoms with Crippen LogP contribution in [-0.4, -0.2) is 24.5 Å². The number of hydrogen-bond acceptors (Lipinski definition) is 2. The molecule has 0 radical (unpaired) electrons. The van der Waals surface area contributed by atoms with Crippen molar-refractivity contribution in [3.05, 3.63) is 35.4 Å². The zero-order valence-corrected chi connectivity index (χ0v) is 9.11. The maximum absolute atomic E-state index is 8.65. The van der Waals surface area contributed by atoms with Crippen molar-refractivity contribution in [3.8, 4) is 6.07 Å². The smallest absolute Gasteiger partial charge is 0.0866 e. The van der Waals surface area contributed by atoms with E-state index in [4.69, 9.17) is 5.26 Å². The zero-order valence-electron chi connectivity index (χ0n) is 9.11. The van der Waals surface area contributed by atoms with Crippen LogP contribution in [0.3, 0.4) is 0 Å². The molecule has 2 rings (SSSR count). The predicted octanol–water partition coefficient (Wildman–Crippen LogP) is 2.31. The maximum atomic E-state index is 8.65. The highest BCUT2D eigenvalue weighted by Crippen LogP contribution is 2.28. The second kappa shape index (κ2) is 4.46. The van der Waals surface area contributed by atoms with E-state index in [9.17, 15) is 0 Å². The Balaban J connectivity index is 2.08. The minimum Gasteiger partial charge on any atom is -0.290 e. The Kier molecular flexibility index (Phi) is 3.03. The molecule has 1 aromatic rings. The van der Waals surface area contributed by atoms with Crippen LogP contribution in [0.25, 0.3) is 0 Å². The first-order valence-corrected chi connectivity index (χ1v) is 5.46. The molecule has 1 unspecified atom stereocenters. The Labute approximate surface area is 91.1 Å². The average Bonchev–Trinajstić information content (AvgIpc) is 2.68. The highest BCUT2D eigenvalue weighted by atomic mass is 15.1. The SMILES string of the molecule is Cc1ccccc1C1CCN(CC#N)C1. The molecule has 0 bridgehead atoms. The van der Waals surface area contributed by atoms with Crippen LogP contribution in [0.4, 0.5) is 0 Å². The number of aryl methyl sites for hydroxylation is 1. The van der Waals surface area contributed by atoms with Gasteiger partial charge in [0.15, 0.2) is 0 Å². The van der Waals surface area contributed by atoms with Gasteiger partial charge in [-0.25, -0.2) is 0 Å². The molecule has 0 aliphatic carbocycles. The summed E-state index contributed by atoms with van der Waals surface area (Å²) in [5.74, 6) is 0.625. The van der Waals surface area contributed by atoms with Gasteiger partial charge >= 0.3 is 0 Å². The van der Waals surface area contributed by atoms with E-state index in [0.717, 1.165) is 13.1 Å². The highest BCUT2D eigenvalue weighted by molar-refractivity contribution is 5.30. The lowest BCUT2D eigenvalue weighted by Crippen LogP contribution is -2.20. The lowest BCUT2D eigenvalue weighted by Gasteiger charge is -2.14. The molecule has 2 nitrogen and oxygen atoms in total. The van der Waals surface area contributed by atoms with E-state index in [1.54, 1.807) is 0 Å². The molecule has 1 aliphatic rings. The molecule has 0 aromatic heterocycles. The largest absolute Gasteiger partial charge is 0.290 e. The fraction of sp³-hybridized carbons (Fsp3) is 0.462. The molecule has 1 fully saturated rings. The molecular formula is C13H16N2. The highest BCUT2D eigenvalue weighted by Gasteiger charge is 2.24. The van der Waals surface area contributed by atoms with Crippen LogP contribution in [0.2, 0.25) is 0 Å². The second-order valence-electron chi connectivity index (χ2n) is 4.24. The van der Waals surface area contributed by atoms with E-state index >= 15 is 0 Å². The second-order valence-corrected chi connectivity index (χ2v) is 4.24. The maximum Gasteiger partial charge on any atom is 0.0866 e. The molecule has 0 N–H and O–H groups in total. The Bertz CT molecular complexity index is 378. The number of nitriles is 1. The molecule has 1 aliphatic heterocycles. The molecule has 78 valence electrons. The molecule has 1 atom stereocenters. The zero-order chi connectivity index (χ0) is 10.7. The van der Waals surface area contributed by atoms with Crippen molar-refractivity contribution in [1.82, 2.24) is 4.90 Å². The van der Waals surface area contributed by atoms with Crippen molar-refractivity contribution in [2.45, 2.75) is 19.3 Å². The van der Waals surface area contributed by atoms with Gasteiger partial charge in [0.1, 0.15) is 0 Å².